The molecule has 0 amide bonds. The van der Waals surface area contributed by atoms with E-state index in [0.29, 0.717) is 6.04 Å². The van der Waals surface area contributed by atoms with Crippen LogP contribution in [0.3, 0.4) is 0 Å². The minimum absolute atomic E-state index is 0.326. The maximum Gasteiger partial charge on any atom is 0.188 e. The first-order valence-corrected chi connectivity index (χ1v) is 8.33. The first-order valence-electron chi connectivity index (χ1n) is 7.34. The molecular formula is C17H23N3S. The third-order valence-electron chi connectivity index (χ3n) is 3.64. The Kier molecular flexibility index (Phi) is 5.76. The molecule has 1 atom stereocenters. The van der Waals surface area contributed by atoms with Crippen LogP contribution in [-0.2, 0) is 0 Å². The molecule has 4 heteroatoms. The molecule has 0 aliphatic rings. The van der Waals surface area contributed by atoms with Gasteiger partial charge in [-0.1, -0.05) is 49.0 Å². The van der Waals surface area contributed by atoms with E-state index < -0.39 is 0 Å². The lowest BCUT2D eigenvalue weighted by molar-refractivity contribution is 0.605. The average molecular weight is 301 g/mol. The van der Waals surface area contributed by atoms with Crippen LogP contribution in [0, 0.1) is 20.8 Å². The second kappa shape index (κ2) is 7.57. The van der Waals surface area contributed by atoms with Crippen molar-refractivity contribution in [2.24, 2.45) is 0 Å². The zero-order valence-corrected chi connectivity index (χ0v) is 14.0. The van der Waals surface area contributed by atoms with Crippen LogP contribution in [0.4, 0.5) is 0 Å². The zero-order valence-electron chi connectivity index (χ0n) is 13.2. The van der Waals surface area contributed by atoms with Crippen molar-refractivity contribution in [3.63, 3.8) is 0 Å². The Bertz CT molecular complexity index is 561. The number of hydrogen-bond donors (Lipinski definition) is 1. The summed E-state index contributed by atoms with van der Waals surface area (Å²) in [7, 11) is 0. The van der Waals surface area contributed by atoms with Crippen molar-refractivity contribution in [2.45, 2.75) is 38.9 Å². The maximum absolute atomic E-state index is 4.58. The lowest BCUT2D eigenvalue weighted by Crippen LogP contribution is -2.23. The Morgan fingerprint density at radius 2 is 1.67 bits per heavy atom. The number of nitrogens with zero attached hydrogens (tertiary/aromatic N) is 2. The number of rotatable bonds is 6. The minimum atomic E-state index is 0.326. The minimum Gasteiger partial charge on any atom is -0.309 e. The van der Waals surface area contributed by atoms with Crippen LogP contribution >= 0.6 is 11.8 Å². The predicted molar refractivity (Wildman–Crippen MR) is 89.8 cm³/mol. The van der Waals surface area contributed by atoms with Crippen LogP contribution in [0.15, 0.2) is 35.5 Å². The Morgan fingerprint density at radius 1 is 1.05 bits per heavy atom. The molecular weight excluding hydrogens is 278 g/mol. The molecule has 1 aromatic carbocycles. The Morgan fingerprint density at radius 3 is 2.24 bits per heavy atom. The fourth-order valence-electron chi connectivity index (χ4n) is 2.17. The summed E-state index contributed by atoms with van der Waals surface area (Å²) < 4.78 is 0. The van der Waals surface area contributed by atoms with E-state index in [1.165, 1.54) is 11.1 Å². The highest BCUT2D eigenvalue weighted by molar-refractivity contribution is 7.99. The van der Waals surface area contributed by atoms with Gasteiger partial charge in [0.2, 0.25) is 0 Å². The van der Waals surface area contributed by atoms with Gasteiger partial charge in [-0.3, -0.25) is 0 Å². The van der Waals surface area contributed by atoms with Gasteiger partial charge in [0.25, 0.3) is 0 Å². The summed E-state index contributed by atoms with van der Waals surface area (Å²) in [5, 5.41) is 4.40. The molecule has 2 aromatic rings. The van der Waals surface area contributed by atoms with E-state index in [4.69, 9.17) is 0 Å². The summed E-state index contributed by atoms with van der Waals surface area (Å²) >= 11 is 1.72. The van der Waals surface area contributed by atoms with Crippen molar-refractivity contribution < 1.29 is 0 Å². The van der Waals surface area contributed by atoms with E-state index in [0.717, 1.165) is 28.8 Å². The number of hydrogen-bond acceptors (Lipinski definition) is 4. The van der Waals surface area contributed by atoms with E-state index in [1.807, 2.05) is 13.8 Å². The Balaban J connectivity index is 2.09. The summed E-state index contributed by atoms with van der Waals surface area (Å²) in [6.45, 7) is 9.26. The van der Waals surface area contributed by atoms with Crippen molar-refractivity contribution in [3.05, 3.63) is 52.8 Å². The Hall–Kier alpha value is -1.39. The maximum atomic E-state index is 4.58. The number of thioether (sulfide) groups is 1. The van der Waals surface area contributed by atoms with Crippen LogP contribution in [0.25, 0.3) is 0 Å². The normalized spacial score (nSPS) is 12.4. The molecule has 0 aliphatic heterocycles. The molecule has 112 valence electrons. The van der Waals surface area contributed by atoms with Gasteiger partial charge >= 0.3 is 0 Å². The van der Waals surface area contributed by atoms with E-state index in [9.17, 15) is 0 Å². The largest absolute Gasteiger partial charge is 0.309 e. The summed E-state index contributed by atoms with van der Waals surface area (Å²) in [6, 6.07) is 10.9. The van der Waals surface area contributed by atoms with Crippen molar-refractivity contribution in [1.82, 2.24) is 15.3 Å². The van der Waals surface area contributed by atoms with Gasteiger partial charge in [0, 0.05) is 23.2 Å². The molecule has 0 radical (unpaired) electrons. The highest BCUT2D eigenvalue weighted by atomic mass is 32.2. The molecule has 1 heterocycles. The molecule has 21 heavy (non-hydrogen) atoms. The highest BCUT2D eigenvalue weighted by Gasteiger charge is 2.12. The summed E-state index contributed by atoms with van der Waals surface area (Å²) in [5.41, 5.74) is 4.65. The molecule has 1 aromatic heterocycles. The smallest absolute Gasteiger partial charge is 0.188 e. The number of nitrogens with one attached hydrogen (secondary N) is 1. The second-order valence-electron chi connectivity index (χ2n) is 5.13. The number of aryl methyl sites for hydroxylation is 2. The van der Waals surface area contributed by atoms with Gasteiger partial charge in [0.05, 0.1) is 0 Å². The lowest BCUT2D eigenvalue weighted by Gasteiger charge is -2.17. The predicted octanol–water partition coefficient (Wildman–Crippen LogP) is 3.84. The molecule has 2 rings (SSSR count). The Labute approximate surface area is 131 Å². The molecule has 0 spiro atoms. The van der Waals surface area contributed by atoms with Crippen molar-refractivity contribution in [3.8, 4) is 0 Å². The van der Waals surface area contributed by atoms with Gasteiger partial charge in [0.15, 0.2) is 5.16 Å². The van der Waals surface area contributed by atoms with E-state index in [1.54, 1.807) is 11.8 Å². The van der Waals surface area contributed by atoms with Gasteiger partial charge in [-0.2, -0.15) is 0 Å². The quantitative estimate of drug-likeness (QED) is 0.650. The fourth-order valence-corrected chi connectivity index (χ4v) is 3.20. The van der Waals surface area contributed by atoms with Crippen LogP contribution in [-0.4, -0.2) is 22.3 Å². The zero-order chi connectivity index (χ0) is 15.2. The van der Waals surface area contributed by atoms with Gasteiger partial charge in [0.1, 0.15) is 0 Å². The molecule has 0 aliphatic carbocycles. The number of benzene rings is 1. The van der Waals surface area contributed by atoms with Gasteiger partial charge in [-0.05, 0) is 38.4 Å². The van der Waals surface area contributed by atoms with Crippen LogP contribution in [0.1, 0.15) is 35.5 Å². The molecule has 0 saturated carbocycles. The lowest BCUT2D eigenvalue weighted by atomic mass is 10.1. The average Bonchev–Trinajstić information content (AvgIpc) is 2.49. The van der Waals surface area contributed by atoms with Gasteiger partial charge in [-0.15, -0.1) is 0 Å². The molecule has 0 bridgehead atoms. The highest BCUT2D eigenvalue weighted by Crippen LogP contribution is 2.23. The third kappa shape index (κ3) is 4.29. The van der Waals surface area contributed by atoms with Gasteiger partial charge in [-0.25, -0.2) is 9.97 Å². The van der Waals surface area contributed by atoms with E-state index in [2.05, 4.69) is 59.5 Å². The molecule has 1 N–H and O–H groups in total. The van der Waals surface area contributed by atoms with Crippen molar-refractivity contribution >= 4 is 11.8 Å². The van der Waals surface area contributed by atoms with Crippen LogP contribution < -0.4 is 5.32 Å². The third-order valence-corrected chi connectivity index (χ3v) is 4.58. The van der Waals surface area contributed by atoms with Crippen LogP contribution in [0.5, 0.6) is 0 Å². The molecule has 0 fully saturated rings. The van der Waals surface area contributed by atoms with Gasteiger partial charge < -0.3 is 5.32 Å². The van der Waals surface area contributed by atoms with Crippen molar-refractivity contribution in [1.29, 1.82) is 0 Å². The molecule has 3 nitrogen and oxygen atoms in total. The molecule has 0 saturated heterocycles. The van der Waals surface area contributed by atoms with E-state index >= 15 is 0 Å². The summed E-state index contributed by atoms with van der Waals surface area (Å²) in [5.74, 6) is 0.930. The summed E-state index contributed by atoms with van der Waals surface area (Å²) in [4.78, 5) is 9.17. The molecule has 1 unspecified atom stereocenters. The SMILES string of the molecule is CCNC(CSc1nc(C)c(C)c(C)n1)c1ccccc1. The fraction of sp³-hybridized carbons (Fsp3) is 0.412. The standard InChI is InChI=1S/C17H23N3S/c1-5-18-16(15-9-7-6-8-10-15)11-21-17-19-13(3)12(2)14(4)20-17/h6-10,16,18H,5,11H2,1-4H3. The monoisotopic (exact) mass is 301 g/mol. The van der Waals surface area contributed by atoms with E-state index in [-0.39, 0.29) is 0 Å². The van der Waals surface area contributed by atoms with Crippen molar-refractivity contribution in [2.75, 3.05) is 12.3 Å². The van der Waals surface area contributed by atoms with Crippen LogP contribution in [0.2, 0.25) is 0 Å². The first kappa shape index (κ1) is 16.0. The topological polar surface area (TPSA) is 37.8 Å². The first-order chi connectivity index (χ1) is 10.1. The number of aromatic nitrogens is 2. The second-order valence-corrected chi connectivity index (χ2v) is 6.12. The summed E-state index contributed by atoms with van der Waals surface area (Å²) in [6.07, 6.45) is 0.